The average Bonchev–Trinajstić information content (AvgIpc) is 3.28. The minimum atomic E-state index is -0.818. The highest BCUT2D eigenvalue weighted by Gasteiger charge is 2.42. The van der Waals surface area contributed by atoms with Crippen LogP contribution < -0.4 is 15.5 Å². The van der Waals surface area contributed by atoms with Crippen molar-refractivity contribution in [3.8, 4) is 0 Å². The van der Waals surface area contributed by atoms with Crippen molar-refractivity contribution in [2.75, 3.05) is 25.1 Å². The molecule has 1 aliphatic carbocycles. The van der Waals surface area contributed by atoms with E-state index in [0.717, 1.165) is 41.0 Å². The van der Waals surface area contributed by atoms with Crippen LogP contribution in [0, 0.1) is 6.92 Å². The predicted octanol–water partition coefficient (Wildman–Crippen LogP) is 4.33. The molecule has 11 heteroatoms. The molecule has 1 saturated heterocycles. The van der Waals surface area contributed by atoms with Crippen LogP contribution in [0.4, 0.5) is 5.69 Å². The monoisotopic (exact) mass is 590 g/mol. The highest BCUT2D eigenvalue weighted by Crippen LogP contribution is 2.28. The van der Waals surface area contributed by atoms with Crippen molar-refractivity contribution < 1.29 is 14.3 Å². The Balaban J connectivity index is 0.00000220. The molecule has 1 aliphatic heterocycles. The molecule has 2 N–H and O–H groups in total. The van der Waals surface area contributed by atoms with E-state index >= 15 is 0 Å². The van der Waals surface area contributed by atoms with Crippen LogP contribution in [0.3, 0.4) is 0 Å². The van der Waals surface area contributed by atoms with E-state index in [-0.39, 0.29) is 49.3 Å². The number of hydrogen-bond donors (Lipinski definition) is 2. The van der Waals surface area contributed by atoms with Crippen LogP contribution in [0.25, 0.3) is 11.0 Å². The van der Waals surface area contributed by atoms with Crippen molar-refractivity contribution in [1.82, 2.24) is 25.2 Å². The second-order valence-electron chi connectivity index (χ2n) is 10.6. The summed E-state index contributed by atoms with van der Waals surface area (Å²) in [7, 11) is 1.44. The second-order valence-corrected chi connectivity index (χ2v) is 10.6. The van der Waals surface area contributed by atoms with Gasteiger partial charge in [0.1, 0.15) is 17.9 Å². The quantitative estimate of drug-likeness (QED) is 0.376. The number of ether oxygens (including phenoxy) is 1. The van der Waals surface area contributed by atoms with Crippen molar-refractivity contribution in [2.24, 2.45) is 0 Å². The molecule has 2 aromatic heterocycles. The molecule has 0 unspecified atom stereocenters. The van der Waals surface area contributed by atoms with E-state index in [0.29, 0.717) is 32.5 Å². The minimum Gasteiger partial charge on any atom is -0.468 e. The number of benzene rings is 1. The number of piperidine rings is 1. The average molecular weight is 592 g/mol. The lowest BCUT2D eigenvalue weighted by Gasteiger charge is -2.41. The number of imidazole rings is 1. The number of aryl methyl sites for hydroxylation is 1. The van der Waals surface area contributed by atoms with Crippen LogP contribution in [0.15, 0.2) is 42.7 Å². The highest BCUT2D eigenvalue weighted by atomic mass is 35.5. The highest BCUT2D eigenvalue weighted by molar-refractivity contribution is 5.86. The number of anilines is 1. The van der Waals surface area contributed by atoms with Gasteiger partial charge in [0.25, 0.3) is 0 Å². The lowest BCUT2D eigenvalue weighted by molar-refractivity contribution is -0.149. The molecule has 1 amide bonds. The van der Waals surface area contributed by atoms with E-state index in [9.17, 15) is 9.59 Å². The molecule has 2 fully saturated rings. The van der Waals surface area contributed by atoms with Gasteiger partial charge in [-0.3, -0.25) is 19.9 Å². The van der Waals surface area contributed by atoms with Crippen LogP contribution in [-0.2, 0) is 27.4 Å². The summed E-state index contributed by atoms with van der Waals surface area (Å²) in [5, 5.41) is 6.75. The van der Waals surface area contributed by atoms with Gasteiger partial charge in [-0.25, -0.2) is 4.98 Å². The molecule has 0 atom stereocenters. The molecule has 5 rings (SSSR count). The summed E-state index contributed by atoms with van der Waals surface area (Å²) < 4.78 is 7.24. The number of pyridine rings is 1. The van der Waals surface area contributed by atoms with Crippen LogP contribution in [-0.4, -0.2) is 58.2 Å². The van der Waals surface area contributed by atoms with E-state index < -0.39 is 5.54 Å². The summed E-state index contributed by atoms with van der Waals surface area (Å²) in [6, 6.07) is 10.3. The van der Waals surface area contributed by atoms with E-state index in [2.05, 4.69) is 20.5 Å². The third-order valence-corrected chi connectivity index (χ3v) is 8.06. The molecule has 1 aromatic carbocycles. The summed E-state index contributed by atoms with van der Waals surface area (Å²) in [5.74, 6) is 0.482. The van der Waals surface area contributed by atoms with E-state index in [1.165, 1.54) is 26.4 Å². The molecule has 1 saturated carbocycles. The summed E-state index contributed by atoms with van der Waals surface area (Å²) >= 11 is 0. The molecule has 0 bridgehead atoms. The van der Waals surface area contributed by atoms with Gasteiger partial charge in [-0.05, 0) is 62.4 Å². The van der Waals surface area contributed by atoms with Gasteiger partial charge in [-0.1, -0.05) is 25.3 Å². The van der Waals surface area contributed by atoms with Gasteiger partial charge in [0.05, 0.1) is 24.7 Å². The summed E-state index contributed by atoms with van der Waals surface area (Å²) in [6.07, 6.45) is 10.4. The molecule has 3 aromatic rings. The van der Waals surface area contributed by atoms with Crippen LogP contribution in [0.1, 0.15) is 56.3 Å². The van der Waals surface area contributed by atoms with Crippen molar-refractivity contribution >= 4 is 53.4 Å². The van der Waals surface area contributed by atoms with E-state index in [1.807, 2.05) is 41.8 Å². The number of hydrogen-bond acceptors (Lipinski definition) is 7. The third-order valence-electron chi connectivity index (χ3n) is 8.06. The Bertz CT molecular complexity index is 1270. The number of esters is 1. The van der Waals surface area contributed by atoms with Crippen molar-refractivity contribution in [2.45, 2.75) is 76.5 Å². The second kappa shape index (κ2) is 14.1. The fourth-order valence-corrected chi connectivity index (χ4v) is 5.86. The fraction of sp³-hybridized carbons (Fsp3) is 0.517. The first-order valence-electron chi connectivity index (χ1n) is 13.7. The largest absolute Gasteiger partial charge is 0.468 e. The molecule has 2 aliphatic rings. The minimum absolute atomic E-state index is 0. The van der Waals surface area contributed by atoms with Crippen LogP contribution in [0.5, 0.6) is 0 Å². The van der Waals surface area contributed by atoms with Gasteiger partial charge in [-0.2, -0.15) is 0 Å². The topological polar surface area (TPSA) is 101 Å². The first-order chi connectivity index (χ1) is 18.5. The number of nitrogens with zero attached hydrogens (tertiary/aromatic N) is 4. The van der Waals surface area contributed by atoms with Crippen molar-refractivity contribution in [1.29, 1.82) is 0 Å². The molecule has 3 heterocycles. The number of nitrogens with one attached hydrogen (secondary N) is 2. The Morgan fingerprint density at radius 1 is 1.05 bits per heavy atom. The van der Waals surface area contributed by atoms with Gasteiger partial charge in [0, 0.05) is 37.2 Å². The zero-order valence-electron chi connectivity index (χ0n) is 23.2. The number of carbonyl (C=O) groups is 2. The molecule has 218 valence electrons. The molecular weight excluding hydrogens is 551 g/mol. The Morgan fingerprint density at radius 2 is 1.75 bits per heavy atom. The Labute approximate surface area is 248 Å². The summed E-state index contributed by atoms with van der Waals surface area (Å²) in [6.45, 7) is 4.02. The number of fused-ring (bicyclic) bond motifs is 1. The standard InChI is InChI=1S/C29H38N6O3.2ClH/c1-21-8-9-25-24(18-21)33-26(35(25)20-27(36)32-22-6-4-3-5-7-22)19-31-29(28(37)38-2)12-16-34(17-13-29)23-10-14-30-15-11-23;;/h8-11,14-15,18,22,31H,3-7,12-13,16-17,19-20H2,1-2H3,(H,32,36);2*1H. The maximum Gasteiger partial charge on any atom is 0.326 e. The van der Waals surface area contributed by atoms with Crippen molar-refractivity contribution in [3.63, 3.8) is 0 Å². The zero-order chi connectivity index (χ0) is 26.5. The SMILES string of the molecule is COC(=O)C1(NCc2nc3cc(C)ccc3n2CC(=O)NC2CCCCC2)CCN(c2ccncc2)CC1.Cl.Cl. The number of methoxy groups -OCH3 is 1. The maximum atomic E-state index is 13.1. The lowest BCUT2D eigenvalue weighted by atomic mass is 9.87. The Morgan fingerprint density at radius 3 is 2.42 bits per heavy atom. The fourth-order valence-electron chi connectivity index (χ4n) is 5.86. The lowest BCUT2D eigenvalue weighted by Crippen LogP contribution is -2.58. The van der Waals surface area contributed by atoms with Gasteiger partial charge >= 0.3 is 5.97 Å². The first-order valence-corrected chi connectivity index (χ1v) is 13.7. The van der Waals surface area contributed by atoms with Gasteiger partial charge in [0.2, 0.25) is 5.91 Å². The summed E-state index contributed by atoms with van der Waals surface area (Å²) in [4.78, 5) is 37.4. The molecule has 0 radical (unpaired) electrons. The Kier molecular flexibility index (Phi) is 11.2. The first kappa shape index (κ1) is 31.6. The molecule has 0 spiro atoms. The number of carbonyl (C=O) groups excluding carboxylic acids is 2. The van der Waals surface area contributed by atoms with Crippen molar-refractivity contribution in [3.05, 3.63) is 54.1 Å². The van der Waals surface area contributed by atoms with Gasteiger partial charge in [-0.15, -0.1) is 24.8 Å². The maximum absolute atomic E-state index is 13.1. The van der Waals surface area contributed by atoms with E-state index in [1.54, 1.807) is 12.4 Å². The molecule has 9 nitrogen and oxygen atoms in total. The smallest absolute Gasteiger partial charge is 0.326 e. The number of amides is 1. The third kappa shape index (κ3) is 7.06. The molecule has 40 heavy (non-hydrogen) atoms. The van der Waals surface area contributed by atoms with Crippen LogP contribution >= 0.6 is 24.8 Å². The number of aromatic nitrogens is 3. The number of rotatable bonds is 8. The number of halogens is 2. The predicted molar refractivity (Wildman–Crippen MR) is 161 cm³/mol. The van der Waals surface area contributed by atoms with Gasteiger partial charge < -0.3 is 19.5 Å². The zero-order valence-corrected chi connectivity index (χ0v) is 24.9. The van der Waals surface area contributed by atoms with Crippen LogP contribution in [0.2, 0.25) is 0 Å². The van der Waals surface area contributed by atoms with E-state index in [4.69, 9.17) is 9.72 Å². The normalized spacial score (nSPS) is 17.0. The Hall–Kier alpha value is -2.88. The summed E-state index contributed by atoms with van der Waals surface area (Å²) in [5.41, 5.74) is 3.17. The van der Waals surface area contributed by atoms with Gasteiger partial charge in [0.15, 0.2) is 0 Å². The molecular formula is C29H40Cl2N6O3.